The van der Waals surface area contributed by atoms with Gasteiger partial charge in [0, 0.05) is 12.3 Å². The van der Waals surface area contributed by atoms with E-state index in [1.165, 1.54) is 12.1 Å². The van der Waals surface area contributed by atoms with Crippen LogP contribution in [0.3, 0.4) is 0 Å². The number of nitrogen functional groups attached to an aromatic ring is 1. The van der Waals surface area contributed by atoms with Crippen molar-refractivity contribution >= 4 is 11.3 Å². The molecule has 0 fully saturated rings. The Morgan fingerprint density at radius 2 is 2.11 bits per heavy atom. The summed E-state index contributed by atoms with van der Waals surface area (Å²) < 4.78 is 20.2. The lowest BCUT2D eigenvalue weighted by molar-refractivity contribution is 0.293. The second kappa shape index (κ2) is 4.56. The van der Waals surface area contributed by atoms with E-state index in [9.17, 15) is 4.39 Å². The maximum atomic E-state index is 13.0. The van der Waals surface area contributed by atoms with Crippen LogP contribution in [0.15, 0.2) is 42.6 Å². The molecule has 0 atom stereocenters. The van der Waals surface area contributed by atoms with Crippen LogP contribution in [-0.2, 0) is 6.61 Å². The molecule has 0 amide bonds. The van der Waals surface area contributed by atoms with Crippen molar-refractivity contribution in [1.29, 1.82) is 0 Å². The molecule has 5 nitrogen and oxygen atoms in total. The quantitative estimate of drug-likeness (QED) is 0.780. The van der Waals surface area contributed by atoms with Crippen LogP contribution >= 0.6 is 0 Å². The summed E-state index contributed by atoms with van der Waals surface area (Å²) >= 11 is 0. The molecule has 0 aliphatic carbocycles. The van der Waals surface area contributed by atoms with Crippen molar-refractivity contribution < 1.29 is 9.13 Å². The van der Waals surface area contributed by atoms with E-state index in [4.69, 9.17) is 10.5 Å². The van der Waals surface area contributed by atoms with Crippen LogP contribution in [0.5, 0.6) is 5.75 Å². The largest absolute Gasteiger partial charge is 0.485 e. The minimum atomic E-state index is -0.340. The number of anilines is 1. The number of aromatic nitrogens is 3. The summed E-state index contributed by atoms with van der Waals surface area (Å²) in [6.07, 6.45) is 1.80. The van der Waals surface area contributed by atoms with Gasteiger partial charge in [-0.2, -0.15) is 0 Å². The molecule has 0 spiro atoms. The van der Waals surface area contributed by atoms with Crippen molar-refractivity contribution in [2.24, 2.45) is 0 Å². The van der Waals surface area contributed by atoms with E-state index >= 15 is 0 Å². The Balaban J connectivity index is 1.84. The molecule has 1 aromatic carbocycles. The first-order valence-corrected chi connectivity index (χ1v) is 5.70. The third kappa shape index (κ3) is 2.20. The summed E-state index contributed by atoms with van der Waals surface area (Å²) in [4.78, 5) is 0. The highest BCUT2D eigenvalue weighted by Gasteiger charge is 2.08. The SMILES string of the molecule is Nc1cccn2c(COc3cccc(F)c3)nnc12. The maximum Gasteiger partial charge on any atom is 0.184 e. The number of hydrogen-bond acceptors (Lipinski definition) is 4. The lowest BCUT2D eigenvalue weighted by atomic mass is 10.3. The van der Waals surface area contributed by atoms with Crippen LogP contribution in [0.1, 0.15) is 5.82 Å². The Morgan fingerprint density at radius 1 is 1.21 bits per heavy atom. The summed E-state index contributed by atoms with van der Waals surface area (Å²) in [5.41, 5.74) is 6.91. The molecule has 0 radical (unpaired) electrons. The number of pyridine rings is 1. The molecule has 0 unspecified atom stereocenters. The zero-order valence-corrected chi connectivity index (χ0v) is 9.95. The Bertz CT molecular complexity index is 725. The molecular formula is C13H11FN4O. The third-order valence-corrected chi connectivity index (χ3v) is 2.70. The Labute approximate surface area is 108 Å². The fraction of sp³-hybridized carbons (Fsp3) is 0.0769. The van der Waals surface area contributed by atoms with Gasteiger partial charge in [-0.05, 0) is 24.3 Å². The van der Waals surface area contributed by atoms with Crippen molar-refractivity contribution in [3.05, 3.63) is 54.2 Å². The van der Waals surface area contributed by atoms with Gasteiger partial charge in [-0.3, -0.25) is 4.40 Å². The molecule has 0 bridgehead atoms. The second-order valence-electron chi connectivity index (χ2n) is 4.02. The molecule has 0 aliphatic heterocycles. The third-order valence-electron chi connectivity index (χ3n) is 2.70. The average molecular weight is 258 g/mol. The van der Waals surface area contributed by atoms with Gasteiger partial charge >= 0.3 is 0 Å². The van der Waals surface area contributed by atoms with Crippen LogP contribution in [0.2, 0.25) is 0 Å². The molecule has 0 aliphatic rings. The summed E-state index contributed by atoms with van der Waals surface area (Å²) in [7, 11) is 0. The molecule has 2 aromatic heterocycles. The van der Waals surface area contributed by atoms with E-state index in [-0.39, 0.29) is 12.4 Å². The van der Waals surface area contributed by atoms with Gasteiger partial charge in [0.05, 0.1) is 5.69 Å². The van der Waals surface area contributed by atoms with Gasteiger partial charge in [0.25, 0.3) is 0 Å². The molecule has 96 valence electrons. The van der Waals surface area contributed by atoms with E-state index in [1.807, 2.05) is 0 Å². The zero-order chi connectivity index (χ0) is 13.2. The molecule has 6 heteroatoms. The van der Waals surface area contributed by atoms with Gasteiger partial charge in [0.15, 0.2) is 11.5 Å². The fourth-order valence-electron chi connectivity index (χ4n) is 1.79. The van der Waals surface area contributed by atoms with Crippen LogP contribution < -0.4 is 10.5 Å². The van der Waals surface area contributed by atoms with Crippen LogP contribution in [0.25, 0.3) is 5.65 Å². The van der Waals surface area contributed by atoms with Crippen molar-refractivity contribution in [2.45, 2.75) is 6.61 Å². The van der Waals surface area contributed by atoms with Gasteiger partial charge in [-0.25, -0.2) is 4.39 Å². The van der Waals surface area contributed by atoms with Gasteiger partial charge in [0.2, 0.25) is 0 Å². The van der Waals surface area contributed by atoms with E-state index in [2.05, 4.69) is 10.2 Å². The molecule has 2 N–H and O–H groups in total. The van der Waals surface area contributed by atoms with E-state index in [0.29, 0.717) is 22.9 Å². The smallest absolute Gasteiger partial charge is 0.184 e. The van der Waals surface area contributed by atoms with Gasteiger partial charge < -0.3 is 10.5 Å². The van der Waals surface area contributed by atoms with Crippen molar-refractivity contribution in [3.8, 4) is 5.75 Å². The lowest BCUT2D eigenvalue weighted by Crippen LogP contribution is -2.02. The molecule has 3 aromatic rings. The van der Waals surface area contributed by atoms with Crippen molar-refractivity contribution in [3.63, 3.8) is 0 Å². The predicted molar refractivity (Wildman–Crippen MR) is 68.1 cm³/mol. The topological polar surface area (TPSA) is 65.4 Å². The number of halogens is 1. The monoisotopic (exact) mass is 258 g/mol. The van der Waals surface area contributed by atoms with Crippen LogP contribution in [0.4, 0.5) is 10.1 Å². The number of hydrogen-bond donors (Lipinski definition) is 1. The van der Waals surface area contributed by atoms with Crippen LogP contribution in [-0.4, -0.2) is 14.6 Å². The Kier molecular flexibility index (Phi) is 2.75. The normalized spacial score (nSPS) is 10.8. The number of nitrogens with two attached hydrogens (primary N) is 1. The maximum absolute atomic E-state index is 13.0. The van der Waals surface area contributed by atoms with Crippen LogP contribution in [0, 0.1) is 5.82 Å². The highest BCUT2D eigenvalue weighted by molar-refractivity contribution is 5.63. The first-order valence-electron chi connectivity index (χ1n) is 5.70. The first kappa shape index (κ1) is 11.5. The minimum Gasteiger partial charge on any atom is -0.485 e. The highest BCUT2D eigenvalue weighted by Crippen LogP contribution is 2.15. The summed E-state index contributed by atoms with van der Waals surface area (Å²) in [6.45, 7) is 0.189. The number of rotatable bonds is 3. The molecule has 3 rings (SSSR count). The minimum absolute atomic E-state index is 0.189. The Hall–Kier alpha value is -2.63. The predicted octanol–water partition coefficient (Wildman–Crippen LogP) is 2.03. The summed E-state index contributed by atoms with van der Waals surface area (Å²) in [5.74, 6) is 0.708. The van der Waals surface area contributed by atoms with Gasteiger partial charge in [0.1, 0.15) is 18.2 Å². The molecule has 2 heterocycles. The summed E-state index contributed by atoms with van der Waals surface area (Å²) in [5, 5.41) is 7.99. The number of nitrogens with zero attached hydrogens (tertiary/aromatic N) is 3. The number of ether oxygens (including phenoxy) is 1. The second-order valence-corrected chi connectivity index (χ2v) is 4.02. The van der Waals surface area contributed by atoms with E-state index in [0.717, 1.165) is 0 Å². The fourth-order valence-corrected chi connectivity index (χ4v) is 1.79. The van der Waals surface area contributed by atoms with E-state index in [1.54, 1.807) is 34.9 Å². The molecule has 0 saturated heterocycles. The zero-order valence-electron chi connectivity index (χ0n) is 9.95. The molecule has 0 saturated carbocycles. The standard InChI is InChI=1S/C13H11FN4O/c14-9-3-1-4-10(7-9)19-8-12-16-17-13-11(15)5-2-6-18(12)13/h1-7H,8,15H2. The van der Waals surface area contributed by atoms with Gasteiger partial charge in [-0.15, -0.1) is 10.2 Å². The van der Waals surface area contributed by atoms with Gasteiger partial charge in [-0.1, -0.05) is 6.07 Å². The van der Waals surface area contributed by atoms with Crippen molar-refractivity contribution in [2.75, 3.05) is 5.73 Å². The average Bonchev–Trinajstić information content (AvgIpc) is 2.81. The highest BCUT2D eigenvalue weighted by atomic mass is 19.1. The Morgan fingerprint density at radius 3 is 2.95 bits per heavy atom. The van der Waals surface area contributed by atoms with E-state index < -0.39 is 0 Å². The first-order chi connectivity index (χ1) is 9.24. The summed E-state index contributed by atoms with van der Waals surface area (Å²) in [6, 6.07) is 9.50. The van der Waals surface area contributed by atoms with Crippen molar-refractivity contribution in [1.82, 2.24) is 14.6 Å². The number of fused-ring (bicyclic) bond motifs is 1. The lowest BCUT2D eigenvalue weighted by Gasteiger charge is -2.05. The molecular weight excluding hydrogens is 247 g/mol. The molecule has 19 heavy (non-hydrogen) atoms. The number of benzene rings is 1.